The molecule has 2 rings (SSSR count). The minimum Gasteiger partial charge on any atom is -0.460 e. The number of hydrogen-bond acceptors (Lipinski definition) is 3. The van der Waals surface area contributed by atoms with Crippen LogP contribution in [0.25, 0.3) is 0 Å². The minimum absolute atomic E-state index is 0.118. The molecule has 1 aromatic rings. The number of nitrogens with one attached hydrogen (secondary N) is 1. The average Bonchev–Trinajstić information content (AvgIpc) is 2.81. The van der Waals surface area contributed by atoms with Crippen LogP contribution < -0.4 is 5.32 Å². The monoisotopic (exact) mass is 239 g/mol. The molecule has 3 nitrogen and oxygen atoms in total. The standard InChI is InChI=1S/C12H14ClNO2/c13-10-5-3-9(4-6-10)8-16-12(15)11-2-1-7-14-11/h3-6,11,14H,1-2,7-8H2/t11-/m0/s1. The van der Waals surface area contributed by atoms with E-state index in [-0.39, 0.29) is 12.0 Å². The molecule has 1 atom stereocenters. The van der Waals surface area contributed by atoms with E-state index in [1.165, 1.54) is 0 Å². The van der Waals surface area contributed by atoms with Gasteiger partial charge in [0.1, 0.15) is 12.6 Å². The molecule has 1 saturated heterocycles. The van der Waals surface area contributed by atoms with Gasteiger partial charge >= 0.3 is 5.97 Å². The molecule has 1 N–H and O–H groups in total. The predicted octanol–water partition coefficient (Wildman–Crippen LogP) is 2.14. The van der Waals surface area contributed by atoms with E-state index in [4.69, 9.17) is 16.3 Å². The molecule has 0 spiro atoms. The highest BCUT2D eigenvalue weighted by molar-refractivity contribution is 6.30. The molecule has 0 radical (unpaired) electrons. The zero-order valence-electron chi connectivity index (χ0n) is 8.91. The molecule has 1 fully saturated rings. The molecule has 86 valence electrons. The van der Waals surface area contributed by atoms with Gasteiger partial charge in [0.2, 0.25) is 0 Å². The van der Waals surface area contributed by atoms with Gasteiger partial charge in [0.15, 0.2) is 0 Å². The summed E-state index contributed by atoms with van der Waals surface area (Å²) in [4.78, 5) is 11.6. The van der Waals surface area contributed by atoms with Gasteiger partial charge in [-0.3, -0.25) is 4.79 Å². The van der Waals surface area contributed by atoms with Crippen LogP contribution in [0.15, 0.2) is 24.3 Å². The minimum atomic E-state index is -0.160. The number of carbonyl (C=O) groups is 1. The molecule has 0 saturated carbocycles. The van der Waals surface area contributed by atoms with Gasteiger partial charge in [-0.15, -0.1) is 0 Å². The van der Waals surface area contributed by atoms with Crippen LogP contribution >= 0.6 is 11.6 Å². The van der Waals surface area contributed by atoms with Gasteiger partial charge in [0.05, 0.1) is 0 Å². The van der Waals surface area contributed by atoms with Gasteiger partial charge in [-0.25, -0.2) is 0 Å². The first-order valence-electron chi connectivity index (χ1n) is 5.40. The van der Waals surface area contributed by atoms with Gasteiger partial charge in [-0.2, -0.15) is 0 Å². The summed E-state index contributed by atoms with van der Waals surface area (Å²) in [5, 5.41) is 3.79. The van der Waals surface area contributed by atoms with E-state index in [0.717, 1.165) is 24.9 Å². The Morgan fingerprint density at radius 1 is 1.44 bits per heavy atom. The fourth-order valence-electron chi connectivity index (χ4n) is 1.72. The normalized spacial score (nSPS) is 19.7. The van der Waals surface area contributed by atoms with Crippen molar-refractivity contribution in [1.82, 2.24) is 5.32 Å². The van der Waals surface area contributed by atoms with Crippen molar-refractivity contribution in [2.24, 2.45) is 0 Å². The lowest BCUT2D eigenvalue weighted by molar-refractivity contribution is -0.147. The van der Waals surface area contributed by atoms with Gasteiger partial charge in [0.25, 0.3) is 0 Å². The van der Waals surface area contributed by atoms with Crippen molar-refractivity contribution in [3.8, 4) is 0 Å². The number of benzene rings is 1. The van der Waals surface area contributed by atoms with Gasteiger partial charge < -0.3 is 10.1 Å². The predicted molar refractivity (Wildman–Crippen MR) is 62.3 cm³/mol. The maximum absolute atomic E-state index is 11.6. The van der Waals surface area contributed by atoms with Crippen molar-refractivity contribution in [1.29, 1.82) is 0 Å². The number of hydrogen-bond donors (Lipinski definition) is 1. The molecule has 1 aliphatic heterocycles. The van der Waals surface area contributed by atoms with Crippen molar-refractivity contribution in [3.05, 3.63) is 34.9 Å². The second-order valence-electron chi connectivity index (χ2n) is 3.88. The summed E-state index contributed by atoms with van der Waals surface area (Å²) in [7, 11) is 0. The summed E-state index contributed by atoms with van der Waals surface area (Å²) in [6.45, 7) is 1.22. The van der Waals surface area contributed by atoms with Gasteiger partial charge in [0, 0.05) is 5.02 Å². The third-order valence-electron chi connectivity index (χ3n) is 2.64. The Hall–Kier alpha value is -1.06. The summed E-state index contributed by atoms with van der Waals surface area (Å²) < 4.78 is 5.21. The van der Waals surface area contributed by atoms with Crippen molar-refractivity contribution in [2.45, 2.75) is 25.5 Å². The van der Waals surface area contributed by atoms with Gasteiger partial charge in [-0.05, 0) is 37.1 Å². The van der Waals surface area contributed by atoms with Crippen LogP contribution in [0.3, 0.4) is 0 Å². The smallest absolute Gasteiger partial charge is 0.323 e. The first-order valence-corrected chi connectivity index (χ1v) is 5.78. The molecule has 1 aromatic carbocycles. The van der Waals surface area contributed by atoms with Crippen LogP contribution in [0.1, 0.15) is 18.4 Å². The summed E-state index contributed by atoms with van der Waals surface area (Å²) in [6.07, 6.45) is 1.92. The van der Waals surface area contributed by atoms with E-state index in [1.54, 1.807) is 12.1 Å². The summed E-state index contributed by atoms with van der Waals surface area (Å²) in [5.74, 6) is -0.160. The van der Waals surface area contributed by atoms with E-state index in [1.807, 2.05) is 12.1 Å². The fraction of sp³-hybridized carbons (Fsp3) is 0.417. The zero-order valence-corrected chi connectivity index (χ0v) is 9.67. The first-order chi connectivity index (χ1) is 7.75. The van der Waals surface area contributed by atoms with Gasteiger partial charge in [-0.1, -0.05) is 23.7 Å². The summed E-state index contributed by atoms with van der Waals surface area (Å²) in [6, 6.07) is 7.18. The fourth-order valence-corrected chi connectivity index (χ4v) is 1.85. The molecule has 0 amide bonds. The first kappa shape index (κ1) is 11.4. The molecule has 4 heteroatoms. The van der Waals surface area contributed by atoms with E-state index in [0.29, 0.717) is 11.6 Å². The van der Waals surface area contributed by atoms with Crippen LogP contribution in [-0.2, 0) is 16.1 Å². The molecule has 1 heterocycles. The van der Waals surface area contributed by atoms with Crippen LogP contribution in [-0.4, -0.2) is 18.6 Å². The van der Waals surface area contributed by atoms with Crippen molar-refractivity contribution < 1.29 is 9.53 Å². The average molecular weight is 240 g/mol. The Morgan fingerprint density at radius 3 is 2.81 bits per heavy atom. The Bertz CT molecular complexity index is 358. The van der Waals surface area contributed by atoms with Crippen LogP contribution in [0.2, 0.25) is 5.02 Å². The summed E-state index contributed by atoms with van der Waals surface area (Å²) >= 11 is 5.76. The van der Waals surface area contributed by atoms with E-state index in [2.05, 4.69) is 5.32 Å². The topological polar surface area (TPSA) is 38.3 Å². The molecule has 0 bridgehead atoms. The molecule has 0 unspecified atom stereocenters. The number of halogens is 1. The van der Waals surface area contributed by atoms with E-state index < -0.39 is 0 Å². The number of ether oxygens (including phenoxy) is 1. The second kappa shape index (κ2) is 5.32. The molecule has 0 aromatic heterocycles. The Kier molecular flexibility index (Phi) is 3.80. The summed E-state index contributed by atoms with van der Waals surface area (Å²) in [5.41, 5.74) is 0.954. The van der Waals surface area contributed by atoms with E-state index in [9.17, 15) is 4.79 Å². The lowest BCUT2D eigenvalue weighted by atomic mass is 10.2. The Morgan fingerprint density at radius 2 is 2.19 bits per heavy atom. The molecular formula is C12H14ClNO2. The SMILES string of the molecule is O=C(OCc1ccc(Cl)cc1)[C@@H]1CCCN1. The molecule has 0 aliphatic carbocycles. The van der Waals surface area contributed by atoms with Crippen LogP contribution in [0.4, 0.5) is 0 Å². The van der Waals surface area contributed by atoms with Crippen molar-refractivity contribution >= 4 is 17.6 Å². The largest absolute Gasteiger partial charge is 0.460 e. The second-order valence-corrected chi connectivity index (χ2v) is 4.32. The molecule has 1 aliphatic rings. The van der Waals surface area contributed by atoms with Crippen LogP contribution in [0.5, 0.6) is 0 Å². The third-order valence-corrected chi connectivity index (χ3v) is 2.89. The van der Waals surface area contributed by atoms with Crippen molar-refractivity contribution in [2.75, 3.05) is 6.54 Å². The number of esters is 1. The highest BCUT2D eigenvalue weighted by Gasteiger charge is 2.23. The van der Waals surface area contributed by atoms with Crippen molar-refractivity contribution in [3.63, 3.8) is 0 Å². The Labute approximate surface area is 99.7 Å². The zero-order chi connectivity index (χ0) is 11.4. The highest BCUT2D eigenvalue weighted by Crippen LogP contribution is 2.12. The maximum atomic E-state index is 11.6. The molecule has 16 heavy (non-hydrogen) atoms. The lowest BCUT2D eigenvalue weighted by Crippen LogP contribution is -2.32. The maximum Gasteiger partial charge on any atom is 0.323 e. The third kappa shape index (κ3) is 2.97. The number of carbonyl (C=O) groups excluding carboxylic acids is 1. The lowest BCUT2D eigenvalue weighted by Gasteiger charge is -2.10. The van der Waals surface area contributed by atoms with E-state index >= 15 is 0 Å². The Balaban J connectivity index is 1.82. The highest BCUT2D eigenvalue weighted by atomic mass is 35.5. The van der Waals surface area contributed by atoms with Crippen LogP contribution in [0, 0.1) is 0 Å². The quantitative estimate of drug-likeness (QED) is 0.822. The number of rotatable bonds is 3. The molecular weight excluding hydrogens is 226 g/mol.